The number of rotatable bonds is 7. The number of nitrogens with zero attached hydrogens (tertiary/aromatic N) is 6. The molecule has 1 saturated heterocycles. The number of carbonyl (C=O) groups is 1. The average Bonchev–Trinajstić information content (AvgIpc) is 3.29. The molecule has 0 unspecified atom stereocenters. The highest BCUT2D eigenvalue weighted by Gasteiger charge is 2.21. The van der Waals surface area contributed by atoms with Crippen LogP contribution < -0.4 is 15.1 Å². The van der Waals surface area contributed by atoms with Crippen molar-refractivity contribution in [1.29, 1.82) is 0 Å². The zero-order chi connectivity index (χ0) is 20.1. The number of aromatic nitrogens is 4. The first kappa shape index (κ1) is 19.1. The minimum atomic E-state index is -0.852. The molecule has 4 heterocycles. The molecule has 10 heteroatoms. The lowest BCUT2D eigenvalue weighted by atomic mass is 10.3. The molecule has 0 aromatic carbocycles. The summed E-state index contributed by atoms with van der Waals surface area (Å²) in [5.41, 5.74) is 0.678. The molecule has 0 atom stereocenters. The van der Waals surface area contributed by atoms with E-state index in [1.165, 1.54) is 0 Å². The largest absolute Gasteiger partial charge is 0.481 e. The summed E-state index contributed by atoms with van der Waals surface area (Å²) in [6.07, 6.45) is 3.55. The van der Waals surface area contributed by atoms with Crippen molar-refractivity contribution in [3.63, 3.8) is 0 Å². The van der Waals surface area contributed by atoms with E-state index in [0.29, 0.717) is 23.9 Å². The van der Waals surface area contributed by atoms with Crippen LogP contribution in [-0.2, 0) is 4.79 Å². The zero-order valence-corrected chi connectivity index (χ0v) is 16.5. The van der Waals surface area contributed by atoms with Gasteiger partial charge in [-0.25, -0.2) is 15.0 Å². The summed E-state index contributed by atoms with van der Waals surface area (Å²) in [4.78, 5) is 33.3. The molecular formula is C19H21N7O2S. The molecule has 29 heavy (non-hydrogen) atoms. The zero-order valence-electron chi connectivity index (χ0n) is 15.7. The van der Waals surface area contributed by atoms with Gasteiger partial charge >= 0.3 is 5.97 Å². The van der Waals surface area contributed by atoms with E-state index >= 15 is 0 Å². The van der Waals surface area contributed by atoms with E-state index in [1.807, 2.05) is 35.8 Å². The van der Waals surface area contributed by atoms with Crippen molar-refractivity contribution in [2.24, 2.45) is 0 Å². The number of hydrogen-bond acceptors (Lipinski definition) is 9. The van der Waals surface area contributed by atoms with Crippen molar-refractivity contribution >= 4 is 34.1 Å². The Labute approximate surface area is 172 Å². The normalized spacial score (nSPS) is 14.1. The Morgan fingerprint density at radius 2 is 1.93 bits per heavy atom. The van der Waals surface area contributed by atoms with Gasteiger partial charge in [0.15, 0.2) is 11.0 Å². The predicted octanol–water partition coefficient (Wildman–Crippen LogP) is 2.21. The van der Waals surface area contributed by atoms with Gasteiger partial charge in [-0.3, -0.25) is 9.78 Å². The van der Waals surface area contributed by atoms with Gasteiger partial charge in [-0.2, -0.15) is 0 Å². The maximum Gasteiger partial charge on any atom is 0.305 e. The van der Waals surface area contributed by atoms with E-state index in [1.54, 1.807) is 17.5 Å². The maximum atomic E-state index is 10.8. The smallest absolute Gasteiger partial charge is 0.305 e. The van der Waals surface area contributed by atoms with Gasteiger partial charge < -0.3 is 20.2 Å². The minimum absolute atomic E-state index is 0.0186. The number of pyridine rings is 1. The average molecular weight is 411 g/mol. The highest BCUT2D eigenvalue weighted by Crippen LogP contribution is 2.24. The van der Waals surface area contributed by atoms with Crippen LogP contribution in [0.3, 0.4) is 0 Å². The number of aliphatic carboxylic acids is 1. The monoisotopic (exact) mass is 411 g/mol. The number of carboxylic acids is 1. The Morgan fingerprint density at radius 1 is 1.10 bits per heavy atom. The Kier molecular flexibility index (Phi) is 5.80. The van der Waals surface area contributed by atoms with Gasteiger partial charge in [0.1, 0.15) is 17.3 Å². The summed E-state index contributed by atoms with van der Waals surface area (Å²) in [6.45, 7) is 3.64. The second kappa shape index (κ2) is 8.82. The van der Waals surface area contributed by atoms with Gasteiger partial charge in [-0.1, -0.05) is 6.07 Å². The molecule has 3 aromatic rings. The molecule has 9 nitrogen and oxygen atoms in total. The van der Waals surface area contributed by atoms with E-state index in [9.17, 15) is 4.79 Å². The summed E-state index contributed by atoms with van der Waals surface area (Å²) >= 11 is 1.64. The fourth-order valence-electron chi connectivity index (χ4n) is 3.09. The summed E-state index contributed by atoms with van der Waals surface area (Å²) in [7, 11) is 0. The first-order valence-electron chi connectivity index (χ1n) is 9.34. The van der Waals surface area contributed by atoms with Crippen molar-refractivity contribution in [3.8, 4) is 11.5 Å². The maximum absolute atomic E-state index is 10.8. The Bertz CT molecular complexity index is 944. The summed E-state index contributed by atoms with van der Waals surface area (Å²) in [5, 5.41) is 15.0. The summed E-state index contributed by atoms with van der Waals surface area (Å²) in [5.74, 6) is 1.06. The van der Waals surface area contributed by atoms with Crippen molar-refractivity contribution in [2.75, 3.05) is 47.8 Å². The molecule has 3 aromatic heterocycles. The molecule has 4 rings (SSSR count). The molecule has 2 N–H and O–H groups in total. The van der Waals surface area contributed by atoms with Crippen molar-refractivity contribution in [3.05, 3.63) is 42.0 Å². The van der Waals surface area contributed by atoms with Crippen LogP contribution in [0.4, 0.5) is 16.8 Å². The van der Waals surface area contributed by atoms with Gasteiger partial charge in [0.2, 0.25) is 0 Å². The van der Waals surface area contributed by atoms with Crippen LogP contribution in [0, 0.1) is 0 Å². The van der Waals surface area contributed by atoms with E-state index in [-0.39, 0.29) is 6.42 Å². The third-order valence-corrected chi connectivity index (χ3v) is 5.38. The first-order valence-corrected chi connectivity index (χ1v) is 10.2. The molecule has 1 aliphatic rings. The lowest BCUT2D eigenvalue weighted by molar-refractivity contribution is -0.136. The van der Waals surface area contributed by atoms with E-state index in [0.717, 1.165) is 37.1 Å². The Balaban J connectivity index is 1.54. The van der Waals surface area contributed by atoms with Crippen molar-refractivity contribution in [1.82, 2.24) is 19.9 Å². The van der Waals surface area contributed by atoms with Crippen LogP contribution in [-0.4, -0.2) is 63.7 Å². The molecule has 0 radical (unpaired) electrons. The molecular weight excluding hydrogens is 390 g/mol. The predicted molar refractivity (Wildman–Crippen MR) is 113 cm³/mol. The Hall–Kier alpha value is -3.27. The molecule has 0 bridgehead atoms. The quantitative estimate of drug-likeness (QED) is 0.605. The Morgan fingerprint density at radius 3 is 2.62 bits per heavy atom. The third-order valence-electron chi connectivity index (χ3n) is 4.55. The lowest BCUT2D eigenvalue weighted by Gasteiger charge is -2.35. The summed E-state index contributed by atoms with van der Waals surface area (Å²) < 4.78 is 0. The highest BCUT2D eigenvalue weighted by molar-refractivity contribution is 7.13. The van der Waals surface area contributed by atoms with Crippen LogP contribution in [0.5, 0.6) is 0 Å². The first-order chi connectivity index (χ1) is 14.2. The number of anilines is 3. The van der Waals surface area contributed by atoms with Gasteiger partial charge in [-0.15, -0.1) is 11.3 Å². The van der Waals surface area contributed by atoms with Gasteiger partial charge in [0, 0.05) is 56.6 Å². The second-order valence-corrected chi connectivity index (χ2v) is 7.38. The lowest BCUT2D eigenvalue weighted by Crippen LogP contribution is -2.46. The van der Waals surface area contributed by atoms with Gasteiger partial charge in [0.25, 0.3) is 0 Å². The third kappa shape index (κ3) is 4.77. The number of thiazole rings is 1. The van der Waals surface area contributed by atoms with Crippen LogP contribution >= 0.6 is 11.3 Å². The fraction of sp³-hybridized carbons (Fsp3) is 0.316. The number of carboxylic acid groups (broad SMARTS) is 1. The van der Waals surface area contributed by atoms with Gasteiger partial charge in [-0.05, 0) is 12.1 Å². The van der Waals surface area contributed by atoms with E-state index in [4.69, 9.17) is 10.1 Å². The molecule has 1 aliphatic heterocycles. The van der Waals surface area contributed by atoms with Crippen LogP contribution in [0.2, 0.25) is 0 Å². The highest BCUT2D eigenvalue weighted by atomic mass is 32.1. The molecule has 1 fully saturated rings. The van der Waals surface area contributed by atoms with Crippen LogP contribution in [0.15, 0.2) is 42.0 Å². The van der Waals surface area contributed by atoms with Gasteiger partial charge in [0.05, 0.1) is 6.42 Å². The van der Waals surface area contributed by atoms with Crippen LogP contribution in [0.25, 0.3) is 11.5 Å². The SMILES string of the molecule is O=C(O)CCNc1cc(N2CCN(c3nccs3)CC2)nc(-c2ccccn2)n1. The number of hydrogen-bond donors (Lipinski definition) is 2. The second-order valence-electron chi connectivity index (χ2n) is 6.51. The van der Waals surface area contributed by atoms with E-state index < -0.39 is 5.97 Å². The molecule has 0 aliphatic carbocycles. The molecule has 0 spiro atoms. The number of piperazine rings is 1. The topological polar surface area (TPSA) is 107 Å². The fourth-order valence-corrected chi connectivity index (χ4v) is 3.79. The van der Waals surface area contributed by atoms with Crippen molar-refractivity contribution < 1.29 is 9.90 Å². The molecule has 150 valence electrons. The van der Waals surface area contributed by atoms with E-state index in [2.05, 4.69) is 30.1 Å². The standard InChI is InChI=1S/C19H21N7O2S/c27-17(28)4-6-21-15-13-16(24-18(23-15)14-3-1-2-5-20-14)25-8-10-26(11-9-25)19-22-7-12-29-19/h1-3,5,7,12-13H,4,6,8-11H2,(H,27,28)(H,21,23,24). The summed E-state index contributed by atoms with van der Waals surface area (Å²) in [6, 6.07) is 7.47. The van der Waals surface area contributed by atoms with Crippen LogP contribution in [0.1, 0.15) is 6.42 Å². The minimum Gasteiger partial charge on any atom is -0.481 e. The molecule has 0 amide bonds. The van der Waals surface area contributed by atoms with Crippen molar-refractivity contribution in [2.45, 2.75) is 6.42 Å². The molecule has 0 saturated carbocycles. The number of nitrogens with one attached hydrogen (secondary N) is 1.